The molecule has 4 rings (SSSR count). The van der Waals surface area contributed by atoms with Gasteiger partial charge < -0.3 is 4.42 Å². The first kappa shape index (κ1) is 14.1. The molecule has 0 atom stereocenters. The van der Waals surface area contributed by atoms with E-state index in [9.17, 15) is 4.79 Å². The number of aromatic nitrogens is 3. The van der Waals surface area contributed by atoms with Gasteiger partial charge in [-0.2, -0.15) is 0 Å². The smallest absolute Gasteiger partial charge is 0.185 e. The number of aldehydes is 1. The van der Waals surface area contributed by atoms with Gasteiger partial charge in [-0.25, -0.2) is 4.68 Å². The van der Waals surface area contributed by atoms with E-state index >= 15 is 0 Å². The van der Waals surface area contributed by atoms with Gasteiger partial charge in [-0.05, 0) is 36.4 Å². The van der Waals surface area contributed by atoms with E-state index in [1.165, 1.54) is 0 Å². The molecule has 0 amide bonds. The molecular formula is C19H13N3O2. The van der Waals surface area contributed by atoms with Crippen LogP contribution in [0.15, 0.2) is 77.3 Å². The van der Waals surface area contributed by atoms with Gasteiger partial charge in [-0.1, -0.05) is 35.5 Å². The molecule has 0 saturated carbocycles. The van der Waals surface area contributed by atoms with Crippen molar-refractivity contribution >= 4 is 6.29 Å². The predicted molar refractivity (Wildman–Crippen MR) is 89.9 cm³/mol. The number of hydrogen-bond acceptors (Lipinski definition) is 4. The normalized spacial score (nSPS) is 10.7. The van der Waals surface area contributed by atoms with Gasteiger partial charge >= 0.3 is 0 Å². The highest BCUT2D eigenvalue weighted by Crippen LogP contribution is 2.25. The van der Waals surface area contributed by atoms with Gasteiger partial charge in [0.05, 0.1) is 17.6 Å². The Hall–Kier alpha value is -3.47. The van der Waals surface area contributed by atoms with Crippen LogP contribution in [0.4, 0.5) is 0 Å². The van der Waals surface area contributed by atoms with Crippen molar-refractivity contribution in [2.45, 2.75) is 0 Å². The van der Waals surface area contributed by atoms with Crippen molar-refractivity contribution in [2.24, 2.45) is 0 Å². The predicted octanol–water partition coefficient (Wildman–Crippen LogP) is 4.01. The highest BCUT2D eigenvalue weighted by molar-refractivity contribution is 5.73. The third-order valence-electron chi connectivity index (χ3n) is 3.76. The lowest BCUT2D eigenvalue weighted by atomic mass is 10.1. The zero-order chi connectivity index (χ0) is 16.4. The molecule has 24 heavy (non-hydrogen) atoms. The number of nitrogens with zero attached hydrogens (tertiary/aromatic N) is 3. The van der Waals surface area contributed by atoms with Gasteiger partial charge in [0.1, 0.15) is 5.76 Å². The second-order valence-electron chi connectivity index (χ2n) is 5.26. The van der Waals surface area contributed by atoms with Gasteiger partial charge in [-0.3, -0.25) is 4.79 Å². The van der Waals surface area contributed by atoms with Crippen molar-refractivity contribution in [3.8, 4) is 28.3 Å². The molecule has 2 heterocycles. The molecular weight excluding hydrogens is 302 g/mol. The van der Waals surface area contributed by atoms with Crippen LogP contribution in [-0.2, 0) is 0 Å². The van der Waals surface area contributed by atoms with Crippen LogP contribution in [0.3, 0.4) is 0 Å². The van der Waals surface area contributed by atoms with Crippen LogP contribution < -0.4 is 0 Å². The van der Waals surface area contributed by atoms with Crippen molar-refractivity contribution in [2.75, 3.05) is 0 Å². The van der Waals surface area contributed by atoms with Gasteiger partial charge in [-0.15, -0.1) is 5.10 Å². The second kappa shape index (κ2) is 5.96. The lowest BCUT2D eigenvalue weighted by Gasteiger charge is -2.07. The quantitative estimate of drug-likeness (QED) is 0.534. The molecule has 0 aliphatic rings. The molecule has 5 heteroatoms. The molecule has 2 aromatic carbocycles. The lowest BCUT2D eigenvalue weighted by molar-refractivity contribution is 0.110. The van der Waals surface area contributed by atoms with Gasteiger partial charge in [0.2, 0.25) is 0 Å². The summed E-state index contributed by atoms with van der Waals surface area (Å²) in [5, 5.41) is 8.20. The maximum absolute atomic E-state index is 10.7. The average Bonchev–Trinajstić information content (AvgIpc) is 3.32. The fourth-order valence-electron chi connectivity index (χ4n) is 2.57. The summed E-state index contributed by atoms with van der Waals surface area (Å²) < 4.78 is 7.23. The number of benzene rings is 2. The fourth-order valence-corrected chi connectivity index (χ4v) is 2.57. The summed E-state index contributed by atoms with van der Waals surface area (Å²) >= 11 is 0. The Kier molecular flexibility index (Phi) is 3.51. The minimum absolute atomic E-state index is 0.316. The third kappa shape index (κ3) is 2.52. The summed E-state index contributed by atoms with van der Waals surface area (Å²) in [4.78, 5) is 10.7. The Balaban J connectivity index is 1.69. The zero-order valence-corrected chi connectivity index (χ0v) is 12.7. The Morgan fingerprint density at radius 3 is 2.38 bits per heavy atom. The molecule has 0 bridgehead atoms. The Bertz CT molecular complexity index is 969. The standard InChI is InChI=1S/C19H13N3O2/c23-13-17-10-11-19(24-17)15-6-8-16(9-7-15)22-18(12-20-21-22)14-4-2-1-3-5-14/h1-13H. The molecule has 0 unspecified atom stereocenters. The molecule has 0 saturated heterocycles. The highest BCUT2D eigenvalue weighted by Gasteiger charge is 2.09. The fraction of sp³-hybridized carbons (Fsp3) is 0. The van der Waals surface area contributed by atoms with Crippen molar-refractivity contribution in [3.05, 3.63) is 78.7 Å². The monoisotopic (exact) mass is 315 g/mol. The van der Waals surface area contributed by atoms with Crippen molar-refractivity contribution < 1.29 is 9.21 Å². The second-order valence-corrected chi connectivity index (χ2v) is 5.26. The first-order valence-corrected chi connectivity index (χ1v) is 7.47. The number of furan rings is 1. The van der Waals surface area contributed by atoms with Gasteiger partial charge in [0.25, 0.3) is 0 Å². The minimum Gasteiger partial charge on any atom is -0.453 e. The molecule has 0 aliphatic heterocycles. The molecule has 116 valence electrons. The first-order valence-electron chi connectivity index (χ1n) is 7.47. The Morgan fingerprint density at radius 2 is 1.67 bits per heavy atom. The summed E-state index contributed by atoms with van der Waals surface area (Å²) in [5.41, 5.74) is 3.77. The van der Waals surface area contributed by atoms with Crippen molar-refractivity contribution in [3.63, 3.8) is 0 Å². The van der Waals surface area contributed by atoms with Crippen LogP contribution in [0, 0.1) is 0 Å². The molecule has 0 radical (unpaired) electrons. The van der Waals surface area contributed by atoms with Crippen LogP contribution in [0.1, 0.15) is 10.6 Å². The molecule has 0 N–H and O–H groups in total. The van der Waals surface area contributed by atoms with E-state index in [0.29, 0.717) is 17.8 Å². The molecule has 0 fully saturated rings. The minimum atomic E-state index is 0.316. The van der Waals surface area contributed by atoms with E-state index in [-0.39, 0.29) is 0 Å². The molecule has 5 nitrogen and oxygen atoms in total. The molecule has 0 spiro atoms. The van der Waals surface area contributed by atoms with Crippen LogP contribution in [0.25, 0.3) is 28.3 Å². The van der Waals surface area contributed by atoms with E-state index in [1.807, 2.05) is 54.6 Å². The maximum atomic E-state index is 10.7. The van der Waals surface area contributed by atoms with E-state index in [0.717, 1.165) is 22.5 Å². The topological polar surface area (TPSA) is 60.9 Å². The largest absolute Gasteiger partial charge is 0.453 e. The van der Waals surface area contributed by atoms with E-state index in [1.54, 1.807) is 23.0 Å². The molecule has 0 aliphatic carbocycles. The SMILES string of the molecule is O=Cc1ccc(-c2ccc(-n3nncc3-c3ccccc3)cc2)o1. The van der Waals surface area contributed by atoms with Gasteiger partial charge in [0, 0.05) is 11.1 Å². The average molecular weight is 315 g/mol. The third-order valence-corrected chi connectivity index (χ3v) is 3.76. The summed E-state index contributed by atoms with van der Waals surface area (Å²) in [6, 6.07) is 21.2. The van der Waals surface area contributed by atoms with Crippen LogP contribution in [-0.4, -0.2) is 21.3 Å². The van der Waals surface area contributed by atoms with Crippen molar-refractivity contribution in [1.29, 1.82) is 0 Å². The van der Waals surface area contributed by atoms with Crippen LogP contribution in [0.2, 0.25) is 0 Å². The van der Waals surface area contributed by atoms with Gasteiger partial charge in [0.15, 0.2) is 12.0 Å². The summed E-state index contributed by atoms with van der Waals surface area (Å²) in [7, 11) is 0. The number of rotatable bonds is 4. The number of carbonyl (C=O) groups excluding carboxylic acids is 1. The first-order chi connectivity index (χ1) is 11.8. The number of hydrogen-bond donors (Lipinski definition) is 0. The maximum Gasteiger partial charge on any atom is 0.185 e. The lowest BCUT2D eigenvalue weighted by Crippen LogP contribution is -1.99. The Labute approximate surface area is 138 Å². The Morgan fingerprint density at radius 1 is 0.875 bits per heavy atom. The molecule has 2 aromatic heterocycles. The van der Waals surface area contributed by atoms with E-state index < -0.39 is 0 Å². The summed E-state index contributed by atoms with van der Waals surface area (Å²) in [6.45, 7) is 0. The number of carbonyl (C=O) groups is 1. The van der Waals surface area contributed by atoms with E-state index in [4.69, 9.17) is 4.42 Å². The summed E-state index contributed by atoms with van der Waals surface area (Å²) in [6.07, 6.45) is 2.44. The van der Waals surface area contributed by atoms with E-state index in [2.05, 4.69) is 10.3 Å². The highest BCUT2D eigenvalue weighted by atomic mass is 16.3. The zero-order valence-electron chi connectivity index (χ0n) is 12.7. The summed E-state index contributed by atoms with van der Waals surface area (Å²) in [5.74, 6) is 0.974. The molecule has 4 aromatic rings. The van der Waals surface area contributed by atoms with Crippen LogP contribution in [0.5, 0.6) is 0 Å². The van der Waals surface area contributed by atoms with Crippen molar-refractivity contribution in [1.82, 2.24) is 15.0 Å². The van der Waals surface area contributed by atoms with Crippen LogP contribution >= 0.6 is 0 Å².